The fraction of sp³-hybridized carbons (Fsp3) is 0.222. The molecular weight excluding hydrogens is 394 g/mol. The summed E-state index contributed by atoms with van der Waals surface area (Å²) >= 11 is 7.67. The van der Waals surface area contributed by atoms with Crippen molar-refractivity contribution in [2.45, 2.75) is 9.79 Å². The normalized spacial score (nSPS) is 11.1. The Balaban J connectivity index is 2.62. The third-order valence-electron chi connectivity index (χ3n) is 3.66. The van der Waals surface area contributed by atoms with Crippen molar-refractivity contribution in [1.29, 1.82) is 0 Å². The summed E-state index contributed by atoms with van der Waals surface area (Å²) in [4.78, 5) is 1.15. The number of anilines is 1. The molecule has 0 heterocycles. The van der Waals surface area contributed by atoms with Crippen LogP contribution in [0.3, 0.4) is 0 Å². The van der Waals surface area contributed by atoms with E-state index in [1.807, 2.05) is 6.26 Å². The Labute approximate surface area is 163 Å². The molecule has 0 N–H and O–H groups in total. The van der Waals surface area contributed by atoms with Crippen LogP contribution in [0.5, 0.6) is 11.5 Å². The highest BCUT2D eigenvalue weighted by molar-refractivity contribution is 7.98. The maximum absolute atomic E-state index is 13.2. The van der Waals surface area contributed by atoms with Gasteiger partial charge in [0.05, 0.1) is 36.4 Å². The van der Waals surface area contributed by atoms with Crippen LogP contribution in [-0.4, -0.2) is 35.4 Å². The van der Waals surface area contributed by atoms with Gasteiger partial charge in [-0.2, -0.15) is 0 Å². The van der Waals surface area contributed by atoms with Gasteiger partial charge in [0.15, 0.2) is 0 Å². The molecule has 0 saturated carbocycles. The van der Waals surface area contributed by atoms with Gasteiger partial charge in [-0.15, -0.1) is 18.3 Å². The average Bonchev–Trinajstić information content (AvgIpc) is 2.66. The van der Waals surface area contributed by atoms with Crippen molar-refractivity contribution >= 4 is 39.1 Å². The zero-order valence-electron chi connectivity index (χ0n) is 14.7. The van der Waals surface area contributed by atoms with Crippen LogP contribution in [0.4, 0.5) is 5.69 Å². The van der Waals surface area contributed by atoms with Gasteiger partial charge in [-0.1, -0.05) is 17.7 Å². The minimum absolute atomic E-state index is 0.0633. The summed E-state index contributed by atoms with van der Waals surface area (Å²) in [5.41, 5.74) is 0.322. The predicted octanol–water partition coefficient (Wildman–Crippen LogP) is 4.46. The number of nitrogens with zero attached hydrogens (tertiary/aromatic N) is 1. The smallest absolute Gasteiger partial charge is 0.264 e. The van der Waals surface area contributed by atoms with Gasteiger partial charge >= 0.3 is 0 Å². The lowest BCUT2D eigenvalue weighted by Crippen LogP contribution is -2.31. The molecule has 5 nitrogen and oxygen atoms in total. The van der Waals surface area contributed by atoms with E-state index in [9.17, 15) is 8.42 Å². The molecule has 140 valence electrons. The van der Waals surface area contributed by atoms with Gasteiger partial charge in [0.25, 0.3) is 10.0 Å². The summed E-state index contributed by atoms with van der Waals surface area (Å²) in [5.74, 6) is 0.673. The van der Waals surface area contributed by atoms with Crippen molar-refractivity contribution in [3.05, 3.63) is 54.1 Å². The van der Waals surface area contributed by atoms with E-state index in [4.69, 9.17) is 21.1 Å². The molecule has 0 unspecified atom stereocenters. The topological polar surface area (TPSA) is 55.8 Å². The standard InChI is InChI=1S/C18H20ClNO4S2/c1-5-10-20(16-12-17(23-2)15(19)11-18(16)24-3)26(21,22)14-8-6-13(25-4)7-9-14/h5-9,11-12H,1,10H2,2-4H3. The van der Waals surface area contributed by atoms with Crippen LogP contribution < -0.4 is 13.8 Å². The van der Waals surface area contributed by atoms with Crippen LogP contribution in [0.25, 0.3) is 0 Å². The first kappa shape index (κ1) is 20.5. The van der Waals surface area contributed by atoms with Gasteiger partial charge in [0.1, 0.15) is 11.5 Å². The molecule has 0 fully saturated rings. The van der Waals surface area contributed by atoms with Crippen molar-refractivity contribution in [2.75, 3.05) is 31.3 Å². The molecule has 26 heavy (non-hydrogen) atoms. The van der Waals surface area contributed by atoms with Crippen molar-refractivity contribution in [3.8, 4) is 11.5 Å². The van der Waals surface area contributed by atoms with Crippen LogP contribution in [0, 0.1) is 0 Å². The Bertz CT molecular complexity index is 883. The first-order valence-electron chi connectivity index (χ1n) is 7.58. The molecule has 0 saturated heterocycles. The monoisotopic (exact) mass is 413 g/mol. The molecule has 0 spiro atoms. The summed E-state index contributed by atoms with van der Waals surface area (Å²) in [6, 6.07) is 9.76. The van der Waals surface area contributed by atoms with Crippen molar-refractivity contribution in [2.24, 2.45) is 0 Å². The molecule has 0 bridgehead atoms. The van der Waals surface area contributed by atoms with Gasteiger partial charge in [0, 0.05) is 17.0 Å². The Morgan fingerprint density at radius 3 is 2.27 bits per heavy atom. The SMILES string of the molecule is C=CCN(c1cc(OC)c(Cl)cc1OC)S(=O)(=O)c1ccc(SC)cc1. The highest BCUT2D eigenvalue weighted by Gasteiger charge is 2.27. The van der Waals surface area contributed by atoms with E-state index >= 15 is 0 Å². The maximum atomic E-state index is 13.2. The van der Waals surface area contributed by atoms with Crippen LogP contribution in [-0.2, 0) is 10.0 Å². The van der Waals surface area contributed by atoms with E-state index in [0.717, 1.165) is 4.90 Å². The minimum atomic E-state index is -3.84. The number of rotatable bonds is 8. The molecule has 0 aliphatic heterocycles. The fourth-order valence-corrected chi connectivity index (χ4v) is 4.43. The molecule has 0 atom stereocenters. The van der Waals surface area contributed by atoms with E-state index in [0.29, 0.717) is 22.2 Å². The largest absolute Gasteiger partial charge is 0.495 e. The van der Waals surface area contributed by atoms with Gasteiger partial charge in [-0.25, -0.2) is 8.42 Å². The van der Waals surface area contributed by atoms with Crippen molar-refractivity contribution in [1.82, 2.24) is 0 Å². The number of methoxy groups -OCH3 is 2. The van der Waals surface area contributed by atoms with Crippen LogP contribution in [0.2, 0.25) is 5.02 Å². The Morgan fingerprint density at radius 1 is 1.15 bits per heavy atom. The van der Waals surface area contributed by atoms with E-state index in [-0.39, 0.29) is 11.4 Å². The summed E-state index contributed by atoms with van der Waals surface area (Å²) in [6.07, 6.45) is 3.44. The zero-order chi connectivity index (χ0) is 19.3. The third-order valence-corrected chi connectivity index (χ3v) is 6.50. The third kappa shape index (κ3) is 4.11. The van der Waals surface area contributed by atoms with E-state index in [1.54, 1.807) is 30.3 Å². The van der Waals surface area contributed by atoms with Gasteiger partial charge in [-0.05, 0) is 30.5 Å². The number of hydrogen-bond donors (Lipinski definition) is 0. The summed E-state index contributed by atoms with van der Waals surface area (Å²) < 4.78 is 38.2. The number of halogens is 1. The molecular formula is C18H20ClNO4S2. The molecule has 2 aromatic rings. The molecule has 0 aliphatic carbocycles. The second-order valence-corrected chi connectivity index (χ2v) is 8.31. The number of hydrogen-bond acceptors (Lipinski definition) is 5. The number of benzene rings is 2. The predicted molar refractivity (Wildman–Crippen MR) is 108 cm³/mol. The quantitative estimate of drug-likeness (QED) is 0.472. The minimum Gasteiger partial charge on any atom is -0.495 e. The summed E-state index contributed by atoms with van der Waals surface area (Å²) in [5, 5.41) is 0.327. The first-order chi connectivity index (χ1) is 12.4. The number of ether oxygens (including phenoxy) is 2. The number of thioether (sulfide) groups is 1. The van der Waals surface area contributed by atoms with Crippen LogP contribution in [0.15, 0.2) is 58.8 Å². The molecule has 2 aromatic carbocycles. The molecule has 0 aliphatic rings. The summed E-state index contributed by atoms with van der Waals surface area (Å²) in [6.45, 7) is 3.73. The Hall–Kier alpha value is -1.83. The molecule has 0 radical (unpaired) electrons. The Morgan fingerprint density at radius 2 is 1.77 bits per heavy atom. The van der Waals surface area contributed by atoms with E-state index in [2.05, 4.69) is 6.58 Å². The second kappa shape index (κ2) is 8.70. The lowest BCUT2D eigenvalue weighted by atomic mass is 10.2. The maximum Gasteiger partial charge on any atom is 0.264 e. The lowest BCUT2D eigenvalue weighted by molar-refractivity contribution is 0.404. The lowest BCUT2D eigenvalue weighted by Gasteiger charge is -2.25. The second-order valence-electron chi connectivity index (χ2n) is 5.16. The van der Waals surface area contributed by atoms with Gasteiger partial charge < -0.3 is 9.47 Å². The summed E-state index contributed by atoms with van der Waals surface area (Å²) in [7, 11) is -0.922. The fourth-order valence-electron chi connectivity index (χ4n) is 2.36. The van der Waals surface area contributed by atoms with Crippen LogP contribution >= 0.6 is 23.4 Å². The van der Waals surface area contributed by atoms with Gasteiger partial charge in [-0.3, -0.25) is 4.31 Å². The van der Waals surface area contributed by atoms with E-state index in [1.165, 1.54) is 42.4 Å². The van der Waals surface area contributed by atoms with Gasteiger partial charge in [0.2, 0.25) is 0 Å². The molecule has 2 rings (SSSR count). The van der Waals surface area contributed by atoms with Crippen LogP contribution in [0.1, 0.15) is 0 Å². The highest BCUT2D eigenvalue weighted by Crippen LogP contribution is 2.40. The molecule has 8 heteroatoms. The Kier molecular flexibility index (Phi) is 6.86. The molecule has 0 amide bonds. The zero-order valence-corrected chi connectivity index (χ0v) is 17.1. The highest BCUT2D eigenvalue weighted by atomic mass is 35.5. The molecule has 0 aromatic heterocycles. The van der Waals surface area contributed by atoms with Crippen molar-refractivity contribution in [3.63, 3.8) is 0 Å². The van der Waals surface area contributed by atoms with Crippen molar-refractivity contribution < 1.29 is 17.9 Å². The average molecular weight is 414 g/mol. The van der Waals surface area contributed by atoms with E-state index < -0.39 is 10.0 Å². The number of sulfonamides is 1. The first-order valence-corrected chi connectivity index (χ1v) is 10.6.